The molecule has 1 aromatic carbocycles. The van der Waals surface area contributed by atoms with Crippen LogP contribution in [0.1, 0.15) is 34.6 Å². The molecule has 5 rings (SSSR count). The molecule has 0 aliphatic carbocycles. The molecule has 192 valence electrons. The Morgan fingerprint density at radius 2 is 1.78 bits per heavy atom. The fraction of sp³-hybridized carbons (Fsp3) is 0.308. The monoisotopic (exact) mass is 538 g/mol. The molecule has 3 aromatic heterocycles. The van der Waals surface area contributed by atoms with Crippen molar-refractivity contribution in [2.24, 2.45) is 0 Å². The summed E-state index contributed by atoms with van der Waals surface area (Å²) in [6.07, 6.45) is 7.28. The van der Waals surface area contributed by atoms with Crippen LogP contribution in [0.25, 0.3) is 11.4 Å². The van der Waals surface area contributed by atoms with E-state index in [1.165, 1.54) is 36.7 Å². The van der Waals surface area contributed by atoms with E-state index in [-0.39, 0.29) is 18.0 Å². The van der Waals surface area contributed by atoms with Crippen molar-refractivity contribution in [3.05, 3.63) is 86.2 Å². The molecule has 1 amide bonds. The van der Waals surface area contributed by atoms with Crippen LogP contribution in [0.3, 0.4) is 0 Å². The third-order valence-corrected chi connectivity index (χ3v) is 7.40. The van der Waals surface area contributed by atoms with E-state index in [0.717, 1.165) is 31.0 Å². The average Bonchev–Trinajstić information content (AvgIpc) is 3.58. The minimum absolute atomic E-state index is 0.137. The van der Waals surface area contributed by atoms with Gasteiger partial charge < -0.3 is 10.1 Å². The molecule has 4 aromatic rings. The summed E-state index contributed by atoms with van der Waals surface area (Å²) < 4.78 is 9.68. The van der Waals surface area contributed by atoms with Crippen molar-refractivity contribution >= 4 is 28.8 Å². The van der Waals surface area contributed by atoms with Gasteiger partial charge in [0.05, 0.1) is 33.8 Å². The van der Waals surface area contributed by atoms with Gasteiger partial charge >= 0.3 is 0 Å². The molecule has 0 atom stereocenters. The number of benzene rings is 1. The van der Waals surface area contributed by atoms with Crippen molar-refractivity contribution in [1.82, 2.24) is 29.8 Å². The quantitative estimate of drug-likeness (QED) is 0.347. The fourth-order valence-electron chi connectivity index (χ4n) is 4.20. The number of carbonyl (C=O) groups is 1. The molecule has 0 saturated carbocycles. The van der Waals surface area contributed by atoms with Crippen LogP contribution in [-0.2, 0) is 6.54 Å². The van der Waals surface area contributed by atoms with E-state index in [9.17, 15) is 9.59 Å². The van der Waals surface area contributed by atoms with E-state index in [1.807, 2.05) is 24.3 Å². The molecule has 37 heavy (non-hydrogen) atoms. The first-order valence-electron chi connectivity index (χ1n) is 12.2. The number of rotatable bonds is 9. The van der Waals surface area contributed by atoms with Gasteiger partial charge in [-0.05, 0) is 68.4 Å². The standard InChI is InChI=1S/C26H27ClN6O3S/c27-24-10-9-23(37-24)26(35)28-16-19-17-33(30-29-19)21-6-4-20(5-7-21)32-18-22(8-11-25(32)34)36-15-14-31-12-2-1-3-13-31/h4-11,17-18H,1-3,12-16H2,(H,28,35). The molecular formula is C26H27ClN6O3S. The molecule has 0 radical (unpaired) electrons. The molecule has 1 N–H and O–H groups in total. The summed E-state index contributed by atoms with van der Waals surface area (Å²) in [6.45, 7) is 3.97. The highest BCUT2D eigenvalue weighted by atomic mass is 35.5. The van der Waals surface area contributed by atoms with Crippen LogP contribution in [0.5, 0.6) is 5.75 Å². The zero-order valence-electron chi connectivity index (χ0n) is 20.2. The second kappa shape index (κ2) is 11.7. The number of likely N-dealkylation sites (tertiary alicyclic amines) is 1. The van der Waals surface area contributed by atoms with Gasteiger partial charge in [0.15, 0.2) is 0 Å². The Balaban J connectivity index is 1.20. The number of carbonyl (C=O) groups excluding carboxylic acids is 1. The Kier molecular flexibility index (Phi) is 7.98. The lowest BCUT2D eigenvalue weighted by Crippen LogP contribution is -2.33. The number of amides is 1. The summed E-state index contributed by atoms with van der Waals surface area (Å²) in [6, 6.07) is 14.0. The highest BCUT2D eigenvalue weighted by Gasteiger charge is 2.12. The van der Waals surface area contributed by atoms with E-state index in [1.54, 1.807) is 39.8 Å². The number of hydrogen-bond acceptors (Lipinski definition) is 7. The molecule has 1 aliphatic rings. The van der Waals surface area contributed by atoms with E-state index in [2.05, 4.69) is 20.5 Å². The molecule has 1 saturated heterocycles. The smallest absolute Gasteiger partial charge is 0.261 e. The number of piperidine rings is 1. The topological polar surface area (TPSA) is 94.3 Å². The maximum atomic E-state index is 12.5. The highest BCUT2D eigenvalue weighted by Crippen LogP contribution is 2.21. The van der Waals surface area contributed by atoms with Crippen molar-refractivity contribution in [3.8, 4) is 17.1 Å². The second-order valence-electron chi connectivity index (χ2n) is 8.78. The molecule has 0 unspecified atom stereocenters. The third kappa shape index (κ3) is 6.46. The molecule has 0 bridgehead atoms. The van der Waals surface area contributed by atoms with Gasteiger partial charge in [-0.3, -0.25) is 19.1 Å². The number of nitrogens with one attached hydrogen (secondary N) is 1. The number of hydrogen-bond donors (Lipinski definition) is 1. The lowest BCUT2D eigenvalue weighted by Gasteiger charge is -2.26. The predicted molar refractivity (Wildman–Crippen MR) is 143 cm³/mol. The van der Waals surface area contributed by atoms with Crippen LogP contribution < -0.4 is 15.6 Å². The van der Waals surface area contributed by atoms with Gasteiger partial charge in [0, 0.05) is 18.3 Å². The Morgan fingerprint density at radius 3 is 2.54 bits per heavy atom. The van der Waals surface area contributed by atoms with Gasteiger partial charge in [-0.1, -0.05) is 23.2 Å². The Bertz CT molecular complexity index is 1410. The van der Waals surface area contributed by atoms with Gasteiger partial charge in [-0.2, -0.15) is 0 Å². The molecule has 11 heteroatoms. The fourth-order valence-corrected chi connectivity index (χ4v) is 5.16. The summed E-state index contributed by atoms with van der Waals surface area (Å²) in [5.41, 5.74) is 1.98. The number of halogens is 1. The van der Waals surface area contributed by atoms with Crippen molar-refractivity contribution in [2.75, 3.05) is 26.2 Å². The minimum Gasteiger partial charge on any atom is -0.491 e. The van der Waals surface area contributed by atoms with Crippen LogP contribution in [-0.4, -0.2) is 56.6 Å². The van der Waals surface area contributed by atoms with Crippen molar-refractivity contribution in [1.29, 1.82) is 0 Å². The van der Waals surface area contributed by atoms with E-state index < -0.39 is 0 Å². The van der Waals surface area contributed by atoms with E-state index in [4.69, 9.17) is 16.3 Å². The average molecular weight is 539 g/mol. The van der Waals surface area contributed by atoms with Gasteiger partial charge in [0.2, 0.25) is 0 Å². The third-order valence-electron chi connectivity index (χ3n) is 6.17. The van der Waals surface area contributed by atoms with Crippen molar-refractivity contribution < 1.29 is 9.53 Å². The molecule has 9 nitrogen and oxygen atoms in total. The first-order valence-corrected chi connectivity index (χ1v) is 13.4. The second-order valence-corrected chi connectivity index (χ2v) is 10.5. The number of pyridine rings is 1. The summed E-state index contributed by atoms with van der Waals surface area (Å²) >= 11 is 7.11. The lowest BCUT2D eigenvalue weighted by atomic mass is 10.1. The van der Waals surface area contributed by atoms with Crippen LogP contribution in [0.15, 0.2) is 65.7 Å². The van der Waals surface area contributed by atoms with Gasteiger partial charge in [0.25, 0.3) is 11.5 Å². The molecule has 1 aliphatic heterocycles. The van der Waals surface area contributed by atoms with Gasteiger partial charge in [-0.15, -0.1) is 16.4 Å². The summed E-state index contributed by atoms with van der Waals surface area (Å²) in [5, 5.41) is 11.1. The maximum absolute atomic E-state index is 12.5. The number of nitrogens with zero attached hydrogens (tertiary/aromatic N) is 5. The van der Waals surface area contributed by atoms with E-state index >= 15 is 0 Å². The van der Waals surface area contributed by atoms with Crippen molar-refractivity contribution in [2.45, 2.75) is 25.8 Å². The van der Waals surface area contributed by atoms with Crippen LogP contribution in [0, 0.1) is 0 Å². The van der Waals surface area contributed by atoms with E-state index in [0.29, 0.717) is 27.3 Å². The summed E-state index contributed by atoms with van der Waals surface area (Å²) in [7, 11) is 0. The Morgan fingerprint density at radius 1 is 1.00 bits per heavy atom. The Hall–Kier alpha value is -3.47. The Labute approximate surface area is 223 Å². The largest absolute Gasteiger partial charge is 0.491 e. The highest BCUT2D eigenvalue weighted by molar-refractivity contribution is 7.17. The summed E-state index contributed by atoms with van der Waals surface area (Å²) in [4.78, 5) is 27.7. The number of thiophene rings is 1. The molecular weight excluding hydrogens is 512 g/mol. The van der Waals surface area contributed by atoms with Crippen LogP contribution in [0.4, 0.5) is 0 Å². The molecule has 1 fully saturated rings. The van der Waals surface area contributed by atoms with Crippen molar-refractivity contribution in [3.63, 3.8) is 0 Å². The number of ether oxygens (including phenoxy) is 1. The first-order chi connectivity index (χ1) is 18.0. The lowest BCUT2D eigenvalue weighted by molar-refractivity contribution is 0.0954. The normalized spacial score (nSPS) is 14.0. The maximum Gasteiger partial charge on any atom is 0.261 e. The van der Waals surface area contributed by atoms with Gasteiger partial charge in [-0.25, -0.2) is 4.68 Å². The first kappa shape index (κ1) is 25.2. The van der Waals surface area contributed by atoms with Gasteiger partial charge in [0.1, 0.15) is 18.1 Å². The molecule has 4 heterocycles. The zero-order valence-corrected chi connectivity index (χ0v) is 21.7. The minimum atomic E-state index is -0.209. The van der Waals surface area contributed by atoms with Crippen LogP contribution in [0.2, 0.25) is 4.34 Å². The molecule has 0 spiro atoms. The SMILES string of the molecule is O=C(NCc1cn(-c2ccc(-n3cc(OCCN4CCCCC4)ccc3=O)cc2)nn1)c1ccc(Cl)s1. The van der Waals surface area contributed by atoms with Crippen LogP contribution >= 0.6 is 22.9 Å². The number of aromatic nitrogens is 4. The predicted octanol–water partition coefficient (Wildman–Crippen LogP) is 3.93. The zero-order chi connectivity index (χ0) is 25.6. The summed E-state index contributed by atoms with van der Waals surface area (Å²) in [5.74, 6) is 0.451.